The number of aromatic nitrogens is 2. The number of anilines is 1. The lowest BCUT2D eigenvalue weighted by Gasteiger charge is -2.18. The normalized spacial score (nSPS) is 14.2. The van der Waals surface area contributed by atoms with Crippen LogP contribution in [-0.4, -0.2) is 26.1 Å². The van der Waals surface area contributed by atoms with Crippen LogP contribution in [0.5, 0.6) is 0 Å². The van der Waals surface area contributed by atoms with Gasteiger partial charge >= 0.3 is 0 Å². The van der Waals surface area contributed by atoms with Crippen molar-refractivity contribution < 1.29 is 9.72 Å². The van der Waals surface area contributed by atoms with E-state index in [4.69, 9.17) is 4.98 Å². The first kappa shape index (κ1) is 22.5. The highest BCUT2D eigenvalue weighted by Gasteiger charge is 2.25. The predicted octanol–water partition coefficient (Wildman–Crippen LogP) is 5.14. The molecule has 0 atom stereocenters. The number of nitro groups is 1. The zero-order chi connectivity index (χ0) is 23.0. The van der Waals surface area contributed by atoms with Crippen LogP contribution in [0.15, 0.2) is 28.2 Å². The molecule has 1 aliphatic carbocycles. The third-order valence-electron chi connectivity index (χ3n) is 6.00. The molecule has 1 amide bonds. The number of thiophene rings is 1. The molecule has 0 spiro atoms. The molecule has 168 valence electrons. The van der Waals surface area contributed by atoms with Gasteiger partial charge in [-0.05, 0) is 45.2 Å². The largest absolute Gasteiger partial charge is 0.325 e. The monoisotopic (exact) mass is 472 g/mol. The Kier molecular flexibility index (Phi) is 6.34. The second-order valence-electron chi connectivity index (χ2n) is 8.01. The Hall–Kier alpha value is -2.72. The number of nitrogens with zero attached hydrogens (tertiary/aromatic N) is 3. The summed E-state index contributed by atoms with van der Waals surface area (Å²) in [4.78, 5) is 43.3. The highest BCUT2D eigenvalue weighted by atomic mass is 32.2. The summed E-state index contributed by atoms with van der Waals surface area (Å²) < 4.78 is 1.78. The number of fused-ring (bicyclic) bond motifs is 1. The molecule has 3 aromatic rings. The van der Waals surface area contributed by atoms with Crippen molar-refractivity contribution in [2.24, 2.45) is 0 Å². The van der Waals surface area contributed by atoms with Gasteiger partial charge in [-0.15, -0.1) is 11.3 Å². The standard InChI is InChI=1S/C22H24N4O4S2/c1-12-14(3)32-20-19(12)21(28)25(15-7-4-5-8-15)22(24-20)31-11-18(27)23-16-9-6-10-17(13(16)2)26(29)30/h6,9-10,15H,4-5,7-8,11H2,1-3H3,(H,23,27). The molecule has 0 aliphatic heterocycles. The highest BCUT2D eigenvalue weighted by molar-refractivity contribution is 7.99. The summed E-state index contributed by atoms with van der Waals surface area (Å²) in [5, 5.41) is 15.1. The summed E-state index contributed by atoms with van der Waals surface area (Å²) in [7, 11) is 0. The SMILES string of the molecule is Cc1sc2nc(SCC(=O)Nc3cccc([N+](=O)[O-])c3C)n(C3CCCC3)c(=O)c2c1C. The van der Waals surface area contributed by atoms with Gasteiger partial charge in [0.15, 0.2) is 5.16 Å². The first-order valence-electron chi connectivity index (χ1n) is 10.5. The summed E-state index contributed by atoms with van der Waals surface area (Å²) >= 11 is 2.73. The van der Waals surface area contributed by atoms with Crippen LogP contribution in [0.1, 0.15) is 47.7 Å². The van der Waals surface area contributed by atoms with E-state index < -0.39 is 4.92 Å². The number of nitrogens with one attached hydrogen (secondary N) is 1. The number of thioether (sulfide) groups is 1. The van der Waals surface area contributed by atoms with Gasteiger partial charge in [-0.3, -0.25) is 24.3 Å². The van der Waals surface area contributed by atoms with Gasteiger partial charge in [-0.2, -0.15) is 0 Å². The lowest BCUT2D eigenvalue weighted by Crippen LogP contribution is -2.27. The van der Waals surface area contributed by atoms with Crippen molar-refractivity contribution in [3.63, 3.8) is 0 Å². The first-order valence-corrected chi connectivity index (χ1v) is 12.3. The van der Waals surface area contributed by atoms with Crippen molar-refractivity contribution in [3.05, 3.63) is 54.7 Å². The molecule has 4 rings (SSSR count). The van der Waals surface area contributed by atoms with Crippen LogP contribution in [0.4, 0.5) is 11.4 Å². The van der Waals surface area contributed by atoms with Crippen LogP contribution in [0.25, 0.3) is 10.2 Å². The van der Waals surface area contributed by atoms with Crippen LogP contribution >= 0.6 is 23.1 Å². The third-order valence-corrected chi connectivity index (χ3v) is 8.05. The molecule has 10 heteroatoms. The Labute approximate surface area is 193 Å². The van der Waals surface area contributed by atoms with Crippen molar-refractivity contribution in [1.82, 2.24) is 9.55 Å². The topological polar surface area (TPSA) is 107 Å². The van der Waals surface area contributed by atoms with E-state index in [9.17, 15) is 19.7 Å². The Morgan fingerprint density at radius 2 is 2.00 bits per heavy atom. The number of amides is 1. The smallest absolute Gasteiger partial charge is 0.274 e. The molecule has 1 fully saturated rings. The van der Waals surface area contributed by atoms with E-state index in [1.165, 1.54) is 29.2 Å². The van der Waals surface area contributed by atoms with Gasteiger partial charge in [0.2, 0.25) is 5.91 Å². The summed E-state index contributed by atoms with van der Waals surface area (Å²) in [5.41, 5.74) is 1.72. The molecular formula is C22H24N4O4S2. The van der Waals surface area contributed by atoms with Crippen molar-refractivity contribution in [2.75, 3.05) is 11.1 Å². The van der Waals surface area contributed by atoms with Gasteiger partial charge < -0.3 is 5.32 Å². The van der Waals surface area contributed by atoms with E-state index in [1.807, 2.05) is 13.8 Å². The molecule has 32 heavy (non-hydrogen) atoms. The fourth-order valence-corrected chi connectivity index (χ4v) is 6.08. The number of carbonyl (C=O) groups excluding carboxylic acids is 1. The average Bonchev–Trinajstić information content (AvgIpc) is 3.36. The van der Waals surface area contributed by atoms with E-state index in [-0.39, 0.29) is 28.9 Å². The number of hydrogen-bond donors (Lipinski definition) is 1. The van der Waals surface area contributed by atoms with E-state index in [0.29, 0.717) is 26.6 Å². The quantitative estimate of drug-likeness (QED) is 0.230. The summed E-state index contributed by atoms with van der Waals surface area (Å²) in [6.07, 6.45) is 4.02. The maximum absolute atomic E-state index is 13.4. The molecule has 2 aromatic heterocycles. The molecule has 2 heterocycles. The molecule has 0 saturated heterocycles. The Morgan fingerprint density at radius 3 is 2.69 bits per heavy atom. The molecule has 0 radical (unpaired) electrons. The maximum atomic E-state index is 13.4. The second-order valence-corrected chi connectivity index (χ2v) is 10.2. The summed E-state index contributed by atoms with van der Waals surface area (Å²) in [5.74, 6) is -0.250. The van der Waals surface area contributed by atoms with Gasteiger partial charge in [-0.1, -0.05) is 30.7 Å². The van der Waals surface area contributed by atoms with Crippen molar-refractivity contribution >= 4 is 50.6 Å². The van der Waals surface area contributed by atoms with Crippen LogP contribution in [-0.2, 0) is 4.79 Å². The van der Waals surface area contributed by atoms with E-state index in [1.54, 1.807) is 23.6 Å². The molecule has 8 nitrogen and oxygen atoms in total. The number of benzene rings is 1. The fraction of sp³-hybridized carbons (Fsp3) is 0.409. The van der Waals surface area contributed by atoms with Crippen LogP contribution in [0.3, 0.4) is 0 Å². The number of hydrogen-bond acceptors (Lipinski definition) is 7. The zero-order valence-corrected chi connectivity index (χ0v) is 19.8. The lowest BCUT2D eigenvalue weighted by molar-refractivity contribution is -0.385. The molecule has 1 N–H and O–H groups in total. The minimum absolute atomic E-state index is 0.0267. The number of rotatable bonds is 6. The fourth-order valence-electron chi connectivity index (χ4n) is 4.15. The van der Waals surface area contributed by atoms with Crippen molar-refractivity contribution in [3.8, 4) is 0 Å². The Bertz CT molecular complexity index is 1280. The van der Waals surface area contributed by atoms with Crippen LogP contribution in [0.2, 0.25) is 0 Å². The van der Waals surface area contributed by atoms with Gasteiger partial charge in [0.05, 0.1) is 27.3 Å². The predicted molar refractivity (Wildman–Crippen MR) is 128 cm³/mol. The van der Waals surface area contributed by atoms with Gasteiger partial charge in [0.25, 0.3) is 11.2 Å². The van der Waals surface area contributed by atoms with Gasteiger partial charge in [0.1, 0.15) is 4.83 Å². The van der Waals surface area contributed by atoms with Crippen molar-refractivity contribution in [2.45, 2.75) is 57.7 Å². The van der Waals surface area contributed by atoms with E-state index in [2.05, 4.69) is 5.32 Å². The summed E-state index contributed by atoms with van der Waals surface area (Å²) in [6.45, 7) is 5.55. The van der Waals surface area contributed by atoms with Gasteiger partial charge in [-0.25, -0.2) is 4.98 Å². The van der Waals surface area contributed by atoms with Crippen LogP contribution < -0.4 is 10.9 Å². The highest BCUT2D eigenvalue weighted by Crippen LogP contribution is 2.34. The third kappa shape index (κ3) is 4.16. The zero-order valence-electron chi connectivity index (χ0n) is 18.1. The molecular weight excluding hydrogens is 448 g/mol. The maximum Gasteiger partial charge on any atom is 0.274 e. The molecule has 1 aliphatic rings. The number of aryl methyl sites for hydroxylation is 2. The number of nitro benzene ring substituents is 1. The first-order chi connectivity index (χ1) is 15.3. The Balaban J connectivity index is 1.61. The minimum Gasteiger partial charge on any atom is -0.325 e. The number of carbonyl (C=O) groups is 1. The van der Waals surface area contributed by atoms with Crippen LogP contribution in [0, 0.1) is 30.9 Å². The van der Waals surface area contributed by atoms with Gasteiger partial charge in [0, 0.05) is 17.0 Å². The molecule has 1 saturated carbocycles. The Morgan fingerprint density at radius 1 is 1.28 bits per heavy atom. The second kappa shape index (κ2) is 9.03. The summed E-state index contributed by atoms with van der Waals surface area (Å²) in [6, 6.07) is 4.69. The van der Waals surface area contributed by atoms with E-state index >= 15 is 0 Å². The van der Waals surface area contributed by atoms with Crippen molar-refractivity contribution in [1.29, 1.82) is 0 Å². The molecule has 1 aromatic carbocycles. The van der Waals surface area contributed by atoms with E-state index in [0.717, 1.165) is 36.1 Å². The average molecular weight is 473 g/mol. The molecule has 0 unspecified atom stereocenters. The molecule has 0 bridgehead atoms. The minimum atomic E-state index is -0.468. The lowest BCUT2D eigenvalue weighted by atomic mass is 10.1.